The third kappa shape index (κ3) is 6.34. The fraction of sp³-hybridized carbons (Fsp3) is 0.0909. The van der Waals surface area contributed by atoms with Gasteiger partial charge in [0.15, 0.2) is 4.34 Å². The van der Waals surface area contributed by atoms with Crippen molar-refractivity contribution >= 4 is 57.3 Å². The van der Waals surface area contributed by atoms with Crippen molar-refractivity contribution in [3.05, 3.63) is 142 Å². The second kappa shape index (κ2) is 12.8. The predicted octanol–water partition coefficient (Wildman–Crippen LogP) is 7.69. The average molecular weight is 626 g/mol. The Morgan fingerprint density at radius 2 is 1.58 bits per heavy atom. The third-order valence-corrected chi connectivity index (χ3v) is 9.17. The van der Waals surface area contributed by atoms with Crippen LogP contribution in [0.2, 0.25) is 5.02 Å². The Morgan fingerprint density at radius 3 is 2.30 bits per heavy atom. The molecule has 1 aromatic heterocycles. The summed E-state index contributed by atoms with van der Waals surface area (Å²) in [7, 11) is 0. The summed E-state index contributed by atoms with van der Waals surface area (Å²) in [5, 5.41) is 20.7. The molecule has 6 rings (SSSR count). The van der Waals surface area contributed by atoms with Gasteiger partial charge in [0.25, 0.3) is 5.78 Å². The number of ketones is 1. The van der Waals surface area contributed by atoms with Crippen LogP contribution >= 0.6 is 34.7 Å². The first-order valence-electron chi connectivity index (χ1n) is 13.3. The van der Waals surface area contributed by atoms with Gasteiger partial charge in [-0.3, -0.25) is 14.5 Å². The normalized spacial score (nSPS) is 16.0. The molecule has 0 saturated carbocycles. The van der Waals surface area contributed by atoms with Crippen LogP contribution in [-0.4, -0.2) is 27.0 Å². The molecule has 1 fully saturated rings. The summed E-state index contributed by atoms with van der Waals surface area (Å²) >= 11 is 8.77. The molecule has 1 aliphatic heterocycles. The number of carbonyl (C=O) groups is 2. The summed E-state index contributed by atoms with van der Waals surface area (Å²) in [4.78, 5) is 28.4. The minimum absolute atomic E-state index is 0.0544. The molecule has 2 heterocycles. The SMILES string of the molecule is O=C1C(=O)N(c2nnc(SCc3ccccc3)s2)C(c2cccc(OCc3ccccc3)c2)/C1=C(\O)c1ccc(Cl)cc1. The van der Waals surface area contributed by atoms with E-state index in [1.54, 1.807) is 48.5 Å². The molecule has 1 atom stereocenters. The molecular weight excluding hydrogens is 602 g/mol. The van der Waals surface area contributed by atoms with Gasteiger partial charge in [-0.1, -0.05) is 107 Å². The predicted molar refractivity (Wildman–Crippen MR) is 169 cm³/mol. The van der Waals surface area contributed by atoms with E-state index in [0.29, 0.717) is 38.6 Å². The molecule has 0 radical (unpaired) electrons. The molecule has 10 heteroatoms. The zero-order valence-corrected chi connectivity index (χ0v) is 25.0. The molecule has 0 spiro atoms. The van der Waals surface area contributed by atoms with E-state index in [4.69, 9.17) is 16.3 Å². The molecule has 1 N–H and O–H groups in total. The number of anilines is 1. The van der Waals surface area contributed by atoms with Gasteiger partial charge in [-0.15, -0.1) is 10.2 Å². The van der Waals surface area contributed by atoms with E-state index in [9.17, 15) is 14.7 Å². The highest BCUT2D eigenvalue weighted by Crippen LogP contribution is 2.44. The fourth-order valence-electron chi connectivity index (χ4n) is 4.70. The average Bonchev–Trinajstić information content (AvgIpc) is 3.62. The van der Waals surface area contributed by atoms with Gasteiger partial charge in [-0.05, 0) is 53.1 Å². The summed E-state index contributed by atoms with van der Waals surface area (Å²) < 4.78 is 6.70. The maximum atomic E-state index is 13.6. The van der Waals surface area contributed by atoms with E-state index in [1.165, 1.54) is 28.0 Å². The highest BCUT2D eigenvalue weighted by atomic mass is 35.5. The van der Waals surface area contributed by atoms with Crippen molar-refractivity contribution in [2.24, 2.45) is 0 Å². The van der Waals surface area contributed by atoms with Crippen molar-refractivity contribution in [2.75, 3.05) is 4.90 Å². The van der Waals surface area contributed by atoms with Crippen molar-refractivity contribution < 1.29 is 19.4 Å². The molecule has 0 bridgehead atoms. The lowest BCUT2D eigenvalue weighted by Gasteiger charge is -2.23. The summed E-state index contributed by atoms with van der Waals surface area (Å²) in [6, 6.07) is 32.3. The van der Waals surface area contributed by atoms with Crippen LogP contribution in [0, 0.1) is 0 Å². The number of rotatable bonds is 9. The number of Topliss-reactive ketones (excluding diaryl/α,β-unsaturated/α-hetero) is 1. The van der Waals surface area contributed by atoms with E-state index >= 15 is 0 Å². The van der Waals surface area contributed by atoms with Gasteiger partial charge in [0, 0.05) is 16.3 Å². The first kappa shape index (κ1) is 28.7. The molecule has 214 valence electrons. The largest absolute Gasteiger partial charge is 0.507 e. The highest BCUT2D eigenvalue weighted by molar-refractivity contribution is 8.00. The van der Waals surface area contributed by atoms with Crippen molar-refractivity contribution in [1.29, 1.82) is 0 Å². The number of aliphatic hydroxyl groups is 1. The quantitative estimate of drug-likeness (QED) is 0.0590. The maximum absolute atomic E-state index is 13.6. The van der Waals surface area contributed by atoms with Crippen molar-refractivity contribution in [2.45, 2.75) is 22.7 Å². The Morgan fingerprint density at radius 1 is 0.884 bits per heavy atom. The van der Waals surface area contributed by atoms with Gasteiger partial charge in [0.2, 0.25) is 5.13 Å². The number of hydrogen-bond donors (Lipinski definition) is 1. The van der Waals surface area contributed by atoms with Crippen LogP contribution in [0.4, 0.5) is 5.13 Å². The van der Waals surface area contributed by atoms with E-state index in [-0.39, 0.29) is 16.5 Å². The van der Waals surface area contributed by atoms with Crippen molar-refractivity contribution in [1.82, 2.24) is 10.2 Å². The van der Waals surface area contributed by atoms with Gasteiger partial charge in [-0.2, -0.15) is 0 Å². The Balaban J connectivity index is 1.37. The van der Waals surface area contributed by atoms with E-state index in [1.807, 2.05) is 60.7 Å². The molecule has 0 aliphatic carbocycles. The number of amides is 1. The molecule has 1 amide bonds. The molecule has 7 nitrogen and oxygen atoms in total. The zero-order chi connectivity index (χ0) is 29.8. The van der Waals surface area contributed by atoms with Gasteiger partial charge in [0.05, 0.1) is 11.6 Å². The van der Waals surface area contributed by atoms with Gasteiger partial charge in [-0.25, -0.2) is 0 Å². The van der Waals surface area contributed by atoms with Crippen LogP contribution in [0.5, 0.6) is 5.75 Å². The van der Waals surface area contributed by atoms with Crippen LogP contribution in [-0.2, 0) is 21.9 Å². The number of aromatic nitrogens is 2. The number of benzene rings is 4. The van der Waals surface area contributed by atoms with Crippen molar-refractivity contribution in [3.8, 4) is 5.75 Å². The molecule has 1 saturated heterocycles. The number of ether oxygens (including phenoxy) is 1. The lowest BCUT2D eigenvalue weighted by molar-refractivity contribution is -0.132. The number of thioether (sulfide) groups is 1. The first-order valence-corrected chi connectivity index (χ1v) is 15.5. The zero-order valence-electron chi connectivity index (χ0n) is 22.6. The standard InChI is InChI=1S/C33H24ClN3O4S2/c34-25-16-14-23(15-17-25)29(38)27-28(24-12-7-13-26(18-24)41-19-21-8-3-1-4-9-21)37(31(40)30(27)39)32-35-36-33(43-32)42-20-22-10-5-2-6-11-22/h1-18,28,38H,19-20H2/b29-27+. The van der Waals surface area contributed by atoms with Gasteiger partial charge in [0.1, 0.15) is 18.1 Å². The molecule has 5 aromatic rings. The molecule has 1 unspecified atom stereocenters. The Hall–Kier alpha value is -4.44. The minimum Gasteiger partial charge on any atom is -0.507 e. The topological polar surface area (TPSA) is 92.6 Å². The second-order valence-electron chi connectivity index (χ2n) is 9.65. The number of hydrogen-bond acceptors (Lipinski definition) is 8. The number of carbonyl (C=O) groups excluding carboxylic acids is 2. The third-order valence-electron chi connectivity index (χ3n) is 6.79. The number of halogens is 1. The van der Waals surface area contributed by atoms with Crippen LogP contribution in [0.3, 0.4) is 0 Å². The summed E-state index contributed by atoms with van der Waals surface area (Å²) in [6.45, 7) is 0.341. The Labute approximate surface area is 261 Å². The van der Waals surface area contributed by atoms with Crippen molar-refractivity contribution in [3.63, 3.8) is 0 Å². The maximum Gasteiger partial charge on any atom is 0.301 e. The lowest BCUT2D eigenvalue weighted by Crippen LogP contribution is -2.29. The summed E-state index contributed by atoms with van der Waals surface area (Å²) in [5.74, 6) is -0.695. The van der Waals surface area contributed by atoms with Crippen LogP contribution in [0.1, 0.15) is 28.3 Å². The Kier molecular flexibility index (Phi) is 8.55. The highest BCUT2D eigenvalue weighted by Gasteiger charge is 2.48. The van der Waals surface area contributed by atoms with E-state index in [2.05, 4.69) is 10.2 Å². The van der Waals surface area contributed by atoms with E-state index < -0.39 is 17.7 Å². The molecular formula is C33H24ClN3O4S2. The number of nitrogens with zero attached hydrogens (tertiary/aromatic N) is 3. The minimum atomic E-state index is -0.962. The summed E-state index contributed by atoms with van der Waals surface area (Å²) in [6.07, 6.45) is 0. The van der Waals surface area contributed by atoms with Crippen LogP contribution in [0.25, 0.3) is 5.76 Å². The first-order chi connectivity index (χ1) is 21.0. The lowest BCUT2D eigenvalue weighted by atomic mass is 9.95. The number of aliphatic hydroxyl groups excluding tert-OH is 1. The van der Waals surface area contributed by atoms with Gasteiger partial charge < -0.3 is 9.84 Å². The molecule has 1 aliphatic rings. The van der Waals surface area contributed by atoms with Gasteiger partial charge >= 0.3 is 5.91 Å². The monoisotopic (exact) mass is 625 g/mol. The fourth-order valence-corrected chi connectivity index (χ4v) is 6.65. The smallest absolute Gasteiger partial charge is 0.301 e. The molecule has 4 aromatic carbocycles. The molecule has 43 heavy (non-hydrogen) atoms. The van der Waals surface area contributed by atoms with Crippen LogP contribution in [0.15, 0.2) is 119 Å². The second-order valence-corrected chi connectivity index (χ2v) is 12.3. The van der Waals surface area contributed by atoms with Crippen LogP contribution < -0.4 is 9.64 Å². The summed E-state index contributed by atoms with van der Waals surface area (Å²) in [5.41, 5.74) is 3.01. The van der Waals surface area contributed by atoms with E-state index in [0.717, 1.165) is 11.1 Å². The Bertz CT molecular complexity index is 1790.